The molecular formula is C21H32N2O2. The highest BCUT2D eigenvalue weighted by molar-refractivity contribution is 5.96. The third-order valence-corrected chi connectivity index (χ3v) is 5.17. The molecule has 4 nitrogen and oxygen atoms in total. The van der Waals surface area contributed by atoms with E-state index in [1.54, 1.807) is 25.2 Å². The van der Waals surface area contributed by atoms with Gasteiger partial charge in [-0.25, -0.2) is 0 Å². The summed E-state index contributed by atoms with van der Waals surface area (Å²) in [5, 5.41) is 6.13. The first-order valence-corrected chi connectivity index (χ1v) is 9.72. The molecule has 2 rings (SSSR count). The Morgan fingerprint density at radius 2 is 1.32 bits per heavy atom. The molecule has 2 fully saturated rings. The molecule has 4 heteroatoms. The molecular weight excluding hydrogens is 312 g/mol. The number of allylic oxidation sites excluding steroid dienone is 2. The zero-order valence-corrected chi connectivity index (χ0v) is 15.5. The van der Waals surface area contributed by atoms with Crippen LogP contribution in [0.25, 0.3) is 0 Å². The van der Waals surface area contributed by atoms with Crippen LogP contribution in [0.3, 0.4) is 0 Å². The van der Waals surface area contributed by atoms with Crippen molar-refractivity contribution in [3.05, 3.63) is 36.0 Å². The number of hydrogen-bond donors (Lipinski definition) is 2. The predicted octanol–water partition coefficient (Wildman–Crippen LogP) is 3.94. The fraction of sp³-hybridized carbons (Fsp3) is 0.619. The third-order valence-electron chi connectivity index (χ3n) is 5.17. The van der Waals surface area contributed by atoms with Gasteiger partial charge < -0.3 is 10.6 Å². The summed E-state index contributed by atoms with van der Waals surface area (Å²) in [4.78, 5) is 24.3. The molecule has 2 N–H and O–H groups in total. The molecule has 0 bridgehead atoms. The Morgan fingerprint density at radius 3 is 1.84 bits per heavy atom. The van der Waals surface area contributed by atoms with Gasteiger partial charge in [0.2, 0.25) is 5.91 Å². The molecule has 2 amide bonds. The van der Waals surface area contributed by atoms with Gasteiger partial charge in [-0.15, -0.1) is 0 Å². The van der Waals surface area contributed by atoms with Crippen LogP contribution in [-0.4, -0.2) is 23.9 Å². The summed E-state index contributed by atoms with van der Waals surface area (Å²) in [6, 6.07) is 0.592. The molecule has 0 aromatic heterocycles. The number of carbonyl (C=O) groups is 2. The van der Waals surface area contributed by atoms with E-state index in [1.807, 2.05) is 0 Å². The van der Waals surface area contributed by atoms with E-state index in [2.05, 4.69) is 17.2 Å². The van der Waals surface area contributed by atoms with E-state index < -0.39 is 0 Å². The van der Waals surface area contributed by atoms with Crippen LogP contribution in [-0.2, 0) is 9.59 Å². The smallest absolute Gasteiger partial charge is 0.250 e. The van der Waals surface area contributed by atoms with Crippen molar-refractivity contribution in [2.75, 3.05) is 0 Å². The molecule has 2 saturated carbocycles. The van der Waals surface area contributed by atoms with E-state index in [0.29, 0.717) is 17.2 Å². The van der Waals surface area contributed by atoms with Crippen molar-refractivity contribution in [3.8, 4) is 0 Å². The largest absolute Gasteiger partial charge is 0.350 e. The van der Waals surface area contributed by atoms with Crippen LogP contribution in [0.4, 0.5) is 0 Å². The minimum Gasteiger partial charge on any atom is -0.350 e. The van der Waals surface area contributed by atoms with Crippen LogP contribution in [0.5, 0.6) is 0 Å². The standard InChI is InChI=1S/C21H32N2O2/c1-16(20(24)22-18-12-5-3-6-13-18)10-9-11-17(2)21(25)23-19-14-7-4-8-15-19/h9-11,18-19H,1,3-8,12-15H2,2H3,(H,22,24)(H,23,25)/b10-9-,17-11+. The summed E-state index contributed by atoms with van der Waals surface area (Å²) in [6.07, 6.45) is 16.7. The van der Waals surface area contributed by atoms with Gasteiger partial charge in [0, 0.05) is 23.2 Å². The summed E-state index contributed by atoms with van der Waals surface area (Å²) in [7, 11) is 0. The quantitative estimate of drug-likeness (QED) is 0.566. The molecule has 25 heavy (non-hydrogen) atoms. The molecule has 0 aromatic rings. The van der Waals surface area contributed by atoms with E-state index in [-0.39, 0.29) is 17.9 Å². The minimum atomic E-state index is -0.110. The van der Waals surface area contributed by atoms with Crippen LogP contribution < -0.4 is 10.6 Å². The van der Waals surface area contributed by atoms with Gasteiger partial charge in [-0.1, -0.05) is 63.3 Å². The lowest BCUT2D eigenvalue weighted by atomic mass is 9.95. The summed E-state index contributed by atoms with van der Waals surface area (Å²) in [6.45, 7) is 5.63. The Morgan fingerprint density at radius 1 is 0.840 bits per heavy atom. The highest BCUT2D eigenvalue weighted by atomic mass is 16.2. The maximum Gasteiger partial charge on any atom is 0.250 e. The first-order valence-electron chi connectivity index (χ1n) is 9.72. The Bertz CT molecular complexity index is 536. The zero-order valence-electron chi connectivity index (χ0n) is 15.5. The average molecular weight is 344 g/mol. The first-order chi connectivity index (χ1) is 12.1. The van der Waals surface area contributed by atoms with Crippen molar-refractivity contribution in [2.45, 2.75) is 83.2 Å². The highest BCUT2D eigenvalue weighted by Gasteiger charge is 2.17. The lowest BCUT2D eigenvalue weighted by Gasteiger charge is -2.22. The second kappa shape index (κ2) is 10.2. The van der Waals surface area contributed by atoms with Crippen molar-refractivity contribution in [2.24, 2.45) is 0 Å². The lowest BCUT2D eigenvalue weighted by Crippen LogP contribution is -2.36. The van der Waals surface area contributed by atoms with Crippen molar-refractivity contribution in [3.63, 3.8) is 0 Å². The Balaban J connectivity index is 1.76. The van der Waals surface area contributed by atoms with E-state index in [9.17, 15) is 9.59 Å². The number of carbonyl (C=O) groups excluding carboxylic acids is 2. The topological polar surface area (TPSA) is 58.2 Å². The van der Waals surface area contributed by atoms with Gasteiger partial charge in [0.15, 0.2) is 0 Å². The average Bonchev–Trinajstić information content (AvgIpc) is 2.63. The number of nitrogens with one attached hydrogen (secondary N) is 2. The van der Waals surface area contributed by atoms with Gasteiger partial charge in [0.25, 0.3) is 5.91 Å². The van der Waals surface area contributed by atoms with Gasteiger partial charge in [-0.2, -0.15) is 0 Å². The fourth-order valence-electron chi connectivity index (χ4n) is 3.53. The fourth-order valence-corrected chi connectivity index (χ4v) is 3.53. The molecule has 0 spiro atoms. The predicted molar refractivity (Wildman–Crippen MR) is 102 cm³/mol. The number of hydrogen-bond acceptors (Lipinski definition) is 2. The normalized spacial score (nSPS) is 20.4. The molecule has 0 atom stereocenters. The summed E-state index contributed by atoms with van der Waals surface area (Å²) < 4.78 is 0. The molecule has 0 radical (unpaired) electrons. The molecule has 2 aliphatic rings. The van der Waals surface area contributed by atoms with Gasteiger partial charge in [-0.05, 0) is 32.6 Å². The molecule has 0 aliphatic heterocycles. The lowest BCUT2D eigenvalue weighted by molar-refractivity contribution is -0.119. The molecule has 0 heterocycles. The van der Waals surface area contributed by atoms with Gasteiger partial charge in [0.1, 0.15) is 0 Å². The van der Waals surface area contributed by atoms with Crippen molar-refractivity contribution in [1.29, 1.82) is 0 Å². The van der Waals surface area contributed by atoms with Gasteiger partial charge in [-0.3, -0.25) is 9.59 Å². The molecule has 0 unspecified atom stereocenters. The van der Waals surface area contributed by atoms with Gasteiger partial charge >= 0.3 is 0 Å². The van der Waals surface area contributed by atoms with Gasteiger partial charge in [0.05, 0.1) is 0 Å². The number of rotatable bonds is 6. The number of amides is 2. The summed E-state index contributed by atoms with van der Waals surface area (Å²) in [5.74, 6) is -0.130. The monoisotopic (exact) mass is 344 g/mol. The second-order valence-electron chi connectivity index (χ2n) is 7.35. The van der Waals surface area contributed by atoms with Crippen LogP contribution in [0.2, 0.25) is 0 Å². The zero-order chi connectivity index (χ0) is 18.1. The third kappa shape index (κ3) is 6.89. The maximum atomic E-state index is 12.2. The molecule has 2 aliphatic carbocycles. The van der Waals surface area contributed by atoms with Crippen molar-refractivity contribution in [1.82, 2.24) is 10.6 Å². The van der Waals surface area contributed by atoms with E-state index in [4.69, 9.17) is 0 Å². The Kier molecular flexibility index (Phi) is 7.96. The highest BCUT2D eigenvalue weighted by Crippen LogP contribution is 2.18. The van der Waals surface area contributed by atoms with E-state index in [0.717, 1.165) is 25.7 Å². The Labute approximate surface area is 151 Å². The van der Waals surface area contributed by atoms with Crippen LogP contribution in [0, 0.1) is 0 Å². The molecule has 0 aromatic carbocycles. The van der Waals surface area contributed by atoms with E-state index in [1.165, 1.54) is 38.5 Å². The minimum absolute atomic E-state index is 0.0196. The van der Waals surface area contributed by atoms with Crippen molar-refractivity contribution >= 4 is 11.8 Å². The molecule has 0 saturated heterocycles. The van der Waals surface area contributed by atoms with Crippen LogP contribution >= 0.6 is 0 Å². The molecule has 138 valence electrons. The second-order valence-corrected chi connectivity index (χ2v) is 7.35. The maximum absolute atomic E-state index is 12.2. The van der Waals surface area contributed by atoms with Crippen LogP contribution in [0.15, 0.2) is 36.0 Å². The van der Waals surface area contributed by atoms with Crippen LogP contribution in [0.1, 0.15) is 71.1 Å². The van der Waals surface area contributed by atoms with E-state index >= 15 is 0 Å². The summed E-state index contributed by atoms with van der Waals surface area (Å²) in [5.41, 5.74) is 1.09. The first kappa shape index (κ1) is 19.5. The Hall–Kier alpha value is -1.84. The van der Waals surface area contributed by atoms with Crippen molar-refractivity contribution < 1.29 is 9.59 Å². The summed E-state index contributed by atoms with van der Waals surface area (Å²) >= 11 is 0. The SMILES string of the molecule is C=C(/C=C\C=C(/C)C(=O)NC1CCCCC1)C(=O)NC1CCCCC1.